The lowest BCUT2D eigenvalue weighted by Gasteiger charge is -2.25. The van der Waals surface area contributed by atoms with Crippen LogP contribution in [0.3, 0.4) is 0 Å². The van der Waals surface area contributed by atoms with Gasteiger partial charge in [0.15, 0.2) is 0 Å². The molecule has 0 spiro atoms. The second-order valence-electron chi connectivity index (χ2n) is 4.31. The monoisotopic (exact) mass is 312 g/mol. The third-order valence-corrected chi connectivity index (χ3v) is 3.40. The number of nitrogens with zero attached hydrogens (tertiary/aromatic N) is 1. The Bertz CT molecular complexity index is 388. The molecule has 1 heterocycles. The number of rotatable bonds is 4. The molecule has 1 aromatic carbocycles. The predicted molar refractivity (Wildman–Crippen MR) is 73.2 cm³/mol. The molecule has 5 heteroatoms. The van der Waals surface area contributed by atoms with E-state index < -0.39 is 0 Å². The molecule has 0 saturated carbocycles. The zero-order valence-corrected chi connectivity index (χ0v) is 11.8. The Morgan fingerprint density at radius 1 is 1.28 bits per heavy atom. The summed E-state index contributed by atoms with van der Waals surface area (Å²) in [6, 6.07) is 7.78. The summed E-state index contributed by atoms with van der Waals surface area (Å²) >= 11 is 3.37. The first-order chi connectivity index (χ1) is 8.74. The Kier molecular flexibility index (Phi) is 5.16. The summed E-state index contributed by atoms with van der Waals surface area (Å²) in [7, 11) is 0. The van der Waals surface area contributed by atoms with E-state index in [0.717, 1.165) is 36.2 Å². The van der Waals surface area contributed by atoms with E-state index in [1.807, 2.05) is 24.3 Å². The lowest BCUT2D eigenvalue weighted by molar-refractivity contribution is -0.146. The van der Waals surface area contributed by atoms with Crippen molar-refractivity contribution in [1.82, 2.24) is 10.2 Å². The van der Waals surface area contributed by atoms with Gasteiger partial charge in [-0.2, -0.15) is 0 Å². The molecule has 0 amide bonds. The van der Waals surface area contributed by atoms with E-state index in [9.17, 15) is 4.79 Å². The van der Waals surface area contributed by atoms with E-state index in [4.69, 9.17) is 4.74 Å². The molecule has 0 aliphatic carbocycles. The van der Waals surface area contributed by atoms with Crippen molar-refractivity contribution < 1.29 is 9.53 Å². The summed E-state index contributed by atoms with van der Waals surface area (Å²) in [6.07, 6.45) is 0. The van der Waals surface area contributed by atoms with Crippen molar-refractivity contribution in [1.29, 1.82) is 0 Å². The normalized spacial score (nSPS) is 16.5. The number of piperazine rings is 1. The van der Waals surface area contributed by atoms with E-state index in [0.29, 0.717) is 13.2 Å². The molecule has 1 aliphatic heterocycles. The van der Waals surface area contributed by atoms with Crippen LogP contribution in [-0.2, 0) is 16.1 Å². The fourth-order valence-electron chi connectivity index (χ4n) is 1.84. The first-order valence-corrected chi connectivity index (χ1v) is 6.86. The molecule has 1 saturated heterocycles. The molecule has 0 aromatic heterocycles. The van der Waals surface area contributed by atoms with E-state index in [1.165, 1.54) is 0 Å². The molecule has 0 unspecified atom stereocenters. The predicted octanol–water partition coefficient (Wildman–Crippen LogP) is 1.40. The zero-order valence-electron chi connectivity index (χ0n) is 10.2. The van der Waals surface area contributed by atoms with E-state index in [1.54, 1.807) is 0 Å². The number of benzene rings is 1. The number of halogens is 1. The number of ether oxygens (including phenoxy) is 1. The van der Waals surface area contributed by atoms with Gasteiger partial charge >= 0.3 is 5.97 Å². The van der Waals surface area contributed by atoms with Gasteiger partial charge in [0.2, 0.25) is 0 Å². The van der Waals surface area contributed by atoms with Gasteiger partial charge in [0, 0.05) is 30.7 Å². The van der Waals surface area contributed by atoms with Crippen molar-refractivity contribution in [2.24, 2.45) is 0 Å². The standard InChI is InChI=1S/C13H17BrN2O2/c14-12-3-1-11(2-4-12)10-18-13(17)9-16-7-5-15-6-8-16/h1-4,15H,5-10H2. The first-order valence-electron chi connectivity index (χ1n) is 6.07. The minimum absolute atomic E-state index is 0.153. The zero-order chi connectivity index (χ0) is 12.8. The molecular formula is C13H17BrN2O2. The number of nitrogens with one attached hydrogen (secondary N) is 1. The second kappa shape index (κ2) is 6.87. The molecule has 1 N–H and O–H groups in total. The maximum atomic E-state index is 11.7. The Balaban J connectivity index is 1.72. The van der Waals surface area contributed by atoms with Crippen molar-refractivity contribution >= 4 is 21.9 Å². The summed E-state index contributed by atoms with van der Waals surface area (Å²) in [5, 5.41) is 3.25. The van der Waals surface area contributed by atoms with Gasteiger partial charge in [-0.25, -0.2) is 0 Å². The topological polar surface area (TPSA) is 41.6 Å². The molecule has 0 bridgehead atoms. The van der Waals surface area contributed by atoms with Crippen molar-refractivity contribution in [3.8, 4) is 0 Å². The highest BCUT2D eigenvalue weighted by Gasteiger charge is 2.14. The number of carbonyl (C=O) groups excluding carboxylic acids is 1. The van der Waals surface area contributed by atoms with Crippen LogP contribution in [0.5, 0.6) is 0 Å². The summed E-state index contributed by atoms with van der Waals surface area (Å²) in [5.41, 5.74) is 1.01. The minimum Gasteiger partial charge on any atom is -0.460 e. The molecule has 18 heavy (non-hydrogen) atoms. The average Bonchev–Trinajstić information content (AvgIpc) is 2.39. The highest BCUT2D eigenvalue weighted by atomic mass is 79.9. The minimum atomic E-state index is -0.153. The van der Waals surface area contributed by atoms with Crippen molar-refractivity contribution in [3.63, 3.8) is 0 Å². The molecule has 0 radical (unpaired) electrons. The molecular weight excluding hydrogens is 296 g/mol. The average molecular weight is 313 g/mol. The smallest absolute Gasteiger partial charge is 0.320 e. The van der Waals surface area contributed by atoms with Crippen LogP contribution >= 0.6 is 15.9 Å². The maximum absolute atomic E-state index is 11.7. The molecule has 1 fully saturated rings. The van der Waals surface area contributed by atoms with Crippen LogP contribution in [0.4, 0.5) is 0 Å². The number of hydrogen-bond donors (Lipinski definition) is 1. The molecule has 2 rings (SSSR count). The quantitative estimate of drug-likeness (QED) is 0.853. The number of hydrogen-bond acceptors (Lipinski definition) is 4. The molecule has 98 valence electrons. The lowest BCUT2D eigenvalue weighted by Crippen LogP contribution is -2.45. The third kappa shape index (κ3) is 4.40. The summed E-state index contributed by atoms with van der Waals surface area (Å²) < 4.78 is 6.28. The Labute approximate surface area is 115 Å². The van der Waals surface area contributed by atoms with Crippen LogP contribution in [0.25, 0.3) is 0 Å². The van der Waals surface area contributed by atoms with Gasteiger partial charge in [0.05, 0.1) is 6.54 Å². The first kappa shape index (κ1) is 13.5. The van der Waals surface area contributed by atoms with Gasteiger partial charge in [-0.05, 0) is 17.7 Å². The van der Waals surface area contributed by atoms with Crippen LogP contribution in [0, 0.1) is 0 Å². The molecule has 4 nitrogen and oxygen atoms in total. The van der Waals surface area contributed by atoms with Crippen LogP contribution in [0.15, 0.2) is 28.7 Å². The lowest BCUT2D eigenvalue weighted by atomic mass is 10.2. The summed E-state index contributed by atoms with van der Waals surface area (Å²) in [5.74, 6) is -0.153. The fraction of sp³-hybridized carbons (Fsp3) is 0.462. The Hall–Kier alpha value is -0.910. The van der Waals surface area contributed by atoms with Gasteiger partial charge in [-0.3, -0.25) is 9.69 Å². The van der Waals surface area contributed by atoms with Gasteiger partial charge in [-0.15, -0.1) is 0 Å². The second-order valence-corrected chi connectivity index (χ2v) is 5.23. The molecule has 1 aliphatic rings. The van der Waals surface area contributed by atoms with Crippen LogP contribution in [0.2, 0.25) is 0 Å². The molecule has 0 atom stereocenters. The largest absolute Gasteiger partial charge is 0.460 e. The van der Waals surface area contributed by atoms with Crippen molar-refractivity contribution in [3.05, 3.63) is 34.3 Å². The van der Waals surface area contributed by atoms with Crippen molar-refractivity contribution in [2.75, 3.05) is 32.7 Å². The van der Waals surface area contributed by atoms with Crippen molar-refractivity contribution in [2.45, 2.75) is 6.61 Å². The van der Waals surface area contributed by atoms with Crippen LogP contribution in [-0.4, -0.2) is 43.6 Å². The SMILES string of the molecule is O=C(CN1CCNCC1)OCc1ccc(Br)cc1. The van der Waals surface area contributed by atoms with Gasteiger partial charge in [0.25, 0.3) is 0 Å². The number of esters is 1. The summed E-state index contributed by atoms with van der Waals surface area (Å²) in [4.78, 5) is 13.8. The number of carbonyl (C=O) groups is 1. The maximum Gasteiger partial charge on any atom is 0.320 e. The van der Waals surface area contributed by atoms with E-state index in [-0.39, 0.29) is 5.97 Å². The Morgan fingerprint density at radius 3 is 2.61 bits per heavy atom. The van der Waals surface area contributed by atoms with E-state index in [2.05, 4.69) is 26.1 Å². The van der Waals surface area contributed by atoms with Crippen LogP contribution < -0.4 is 5.32 Å². The highest BCUT2D eigenvalue weighted by molar-refractivity contribution is 9.10. The van der Waals surface area contributed by atoms with Gasteiger partial charge in [-0.1, -0.05) is 28.1 Å². The Morgan fingerprint density at radius 2 is 1.94 bits per heavy atom. The highest BCUT2D eigenvalue weighted by Crippen LogP contribution is 2.11. The van der Waals surface area contributed by atoms with Crippen LogP contribution in [0.1, 0.15) is 5.56 Å². The summed E-state index contributed by atoms with van der Waals surface area (Å²) in [6.45, 7) is 4.44. The van der Waals surface area contributed by atoms with E-state index >= 15 is 0 Å². The molecule has 1 aromatic rings. The van der Waals surface area contributed by atoms with Gasteiger partial charge < -0.3 is 10.1 Å². The fourth-order valence-corrected chi connectivity index (χ4v) is 2.11. The third-order valence-electron chi connectivity index (χ3n) is 2.88. The van der Waals surface area contributed by atoms with Gasteiger partial charge in [0.1, 0.15) is 6.61 Å².